The lowest BCUT2D eigenvalue weighted by Crippen LogP contribution is -2.52. The Hall–Kier alpha value is -3.19. The van der Waals surface area contributed by atoms with E-state index in [0.717, 1.165) is 5.56 Å². The van der Waals surface area contributed by atoms with E-state index in [2.05, 4.69) is 10.6 Å². The van der Waals surface area contributed by atoms with E-state index in [-0.39, 0.29) is 13.2 Å². The fraction of sp³-hybridized carbons (Fsp3) is 0.250. The fourth-order valence-corrected chi connectivity index (χ4v) is 2.26. The minimum absolute atomic E-state index is 0.0916. The maximum absolute atomic E-state index is 12.4. The third-order valence-corrected chi connectivity index (χ3v) is 3.78. The Kier molecular flexibility index (Phi) is 7.51. The first-order valence-corrected chi connectivity index (χ1v) is 8.48. The first-order chi connectivity index (χ1) is 13.0. The highest BCUT2D eigenvalue weighted by Gasteiger charge is 2.25. The lowest BCUT2D eigenvalue weighted by atomic mass is 10.2. The smallest absolute Gasteiger partial charge is 0.325 e. The van der Waals surface area contributed by atoms with Crippen molar-refractivity contribution in [2.24, 2.45) is 0 Å². The second-order valence-electron chi connectivity index (χ2n) is 5.96. The molecule has 0 unspecified atom stereocenters. The van der Waals surface area contributed by atoms with Crippen molar-refractivity contribution in [3.63, 3.8) is 0 Å². The average Bonchev–Trinajstić information content (AvgIpc) is 2.68. The number of carboxylic acid groups (broad SMARTS) is 1. The molecule has 0 saturated carbocycles. The van der Waals surface area contributed by atoms with Gasteiger partial charge in [0.25, 0.3) is 5.91 Å². The van der Waals surface area contributed by atoms with Crippen LogP contribution < -0.4 is 10.6 Å². The topological polar surface area (TPSA) is 105 Å². The lowest BCUT2D eigenvalue weighted by molar-refractivity contribution is -0.141. The van der Waals surface area contributed by atoms with E-state index in [1.165, 1.54) is 6.92 Å². The molecule has 0 heterocycles. The number of rotatable bonds is 9. The van der Waals surface area contributed by atoms with E-state index in [9.17, 15) is 14.4 Å². The highest BCUT2D eigenvalue weighted by Crippen LogP contribution is 2.03. The van der Waals surface area contributed by atoms with Crippen LogP contribution in [0.25, 0.3) is 0 Å². The van der Waals surface area contributed by atoms with Crippen molar-refractivity contribution in [2.75, 3.05) is 6.61 Å². The lowest BCUT2D eigenvalue weighted by Gasteiger charge is -2.20. The average molecular weight is 370 g/mol. The summed E-state index contributed by atoms with van der Waals surface area (Å²) in [6.07, 6.45) is 0. The predicted octanol–water partition coefficient (Wildman–Crippen LogP) is 1.59. The van der Waals surface area contributed by atoms with Crippen molar-refractivity contribution in [2.45, 2.75) is 25.6 Å². The molecule has 2 aromatic carbocycles. The molecule has 2 aromatic rings. The van der Waals surface area contributed by atoms with Crippen LogP contribution >= 0.6 is 0 Å². The molecular formula is C20H22N2O5. The summed E-state index contributed by atoms with van der Waals surface area (Å²) >= 11 is 0. The van der Waals surface area contributed by atoms with E-state index in [1.807, 2.05) is 30.3 Å². The van der Waals surface area contributed by atoms with Crippen LogP contribution in [0.3, 0.4) is 0 Å². The monoisotopic (exact) mass is 370 g/mol. The zero-order chi connectivity index (χ0) is 19.6. The number of hydrogen-bond donors (Lipinski definition) is 3. The molecule has 2 atom stereocenters. The van der Waals surface area contributed by atoms with E-state index >= 15 is 0 Å². The molecule has 0 radical (unpaired) electrons. The zero-order valence-electron chi connectivity index (χ0n) is 14.9. The van der Waals surface area contributed by atoms with Crippen LogP contribution in [-0.2, 0) is 20.9 Å². The largest absolute Gasteiger partial charge is 0.480 e. The number of nitrogens with one attached hydrogen (secondary N) is 2. The minimum Gasteiger partial charge on any atom is -0.480 e. The van der Waals surface area contributed by atoms with Gasteiger partial charge in [-0.25, -0.2) is 0 Å². The summed E-state index contributed by atoms with van der Waals surface area (Å²) in [6.45, 7) is 1.52. The highest BCUT2D eigenvalue weighted by molar-refractivity contribution is 5.98. The first-order valence-electron chi connectivity index (χ1n) is 8.48. The van der Waals surface area contributed by atoms with Crippen molar-refractivity contribution < 1.29 is 24.2 Å². The van der Waals surface area contributed by atoms with Crippen molar-refractivity contribution in [1.82, 2.24) is 10.6 Å². The molecule has 0 saturated heterocycles. The van der Waals surface area contributed by atoms with Crippen LogP contribution in [-0.4, -0.2) is 41.6 Å². The molecule has 0 aromatic heterocycles. The summed E-state index contributed by atoms with van der Waals surface area (Å²) < 4.78 is 5.56. The van der Waals surface area contributed by atoms with E-state index in [0.29, 0.717) is 5.56 Å². The predicted molar refractivity (Wildman–Crippen MR) is 99.0 cm³/mol. The van der Waals surface area contributed by atoms with Gasteiger partial charge in [-0.2, -0.15) is 0 Å². The number of benzene rings is 2. The van der Waals surface area contributed by atoms with Crippen LogP contribution in [0.2, 0.25) is 0 Å². The maximum atomic E-state index is 12.4. The summed E-state index contributed by atoms with van der Waals surface area (Å²) in [7, 11) is 0. The van der Waals surface area contributed by atoms with Gasteiger partial charge in [0, 0.05) is 5.56 Å². The van der Waals surface area contributed by atoms with Gasteiger partial charge in [-0.05, 0) is 24.6 Å². The third kappa shape index (κ3) is 6.56. The van der Waals surface area contributed by atoms with Crippen molar-refractivity contribution in [1.29, 1.82) is 0 Å². The molecule has 0 bridgehead atoms. The van der Waals surface area contributed by atoms with Gasteiger partial charge in [0.15, 0.2) is 0 Å². The molecule has 0 aliphatic carbocycles. The molecular weight excluding hydrogens is 348 g/mol. The molecule has 3 N–H and O–H groups in total. The Morgan fingerprint density at radius 1 is 0.963 bits per heavy atom. The highest BCUT2D eigenvalue weighted by atomic mass is 16.5. The Bertz CT molecular complexity index is 764. The SMILES string of the molecule is C[C@H](NC(=O)[C@H](COCc1ccccc1)NC(=O)c1ccccc1)C(=O)O. The van der Waals surface area contributed by atoms with Gasteiger partial charge in [0.05, 0.1) is 13.2 Å². The first kappa shape index (κ1) is 20.1. The van der Waals surface area contributed by atoms with Crippen LogP contribution in [0.4, 0.5) is 0 Å². The van der Waals surface area contributed by atoms with Crippen LogP contribution in [0.1, 0.15) is 22.8 Å². The second-order valence-corrected chi connectivity index (χ2v) is 5.96. The van der Waals surface area contributed by atoms with Crippen molar-refractivity contribution in [3.05, 3.63) is 71.8 Å². The van der Waals surface area contributed by atoms with E-state index < -0.39 is 29.9 Å². The van der Waals surface area contributed by atoms with Crippen LogP contribution in [0, 0.1) is 0 Å². The standard InChI is InChI=1S/C20H22N2O5/c1-14(20(25)26)21-19(24)17(13-27-12-15-8-4-2-5-9-15)22-18(23)16-10-6-3-7-11-16/h2-11,14,17H,12-13H2,1H3,(H,21,24)(H,22,23)(H,25,26)/t14-,17-/m0/s1. The molecule has 7 heteroatoms. The summed E-state index contributed by atoms with van der Waals surface area (Å²) in [6, 6.07) is 15.7. The molecule has 7 nitrogen and oxygen atoms in total. The Morgan fingerprint density at radius 3 is 2.15 bits per heavy atom. The molecule has 27 heavy (non-hydrogen) atoms. The van der Waals surface area contributed by atoms with Crippen LogP contribution in [0.15, 0.2) is 60.7 Å². The van der Waals surface area contributed by atoms with Gasteiger partial charge in [0.2, 0.25) is 5.91 Å². The molecule has 0 fully saturated rings. The number of ether oxygens (including phenoxy) is 1. The number of aliphatic carboxylic acids is 1. The maximum Gasteiger partial charge on any atom is 0.325 e. The number of carbonyl (C=O) groups is 3. The number of hydrogen-bond acceptors (Lipinski definition) is 4. The number of carboxylic acids is 1. The summed E-state index contributed by atoms with van der Waals surface area (Å²) in [5, 5.41) is 13.9. The Balaban J connectivity index is 2.01. The number of amides is 2. The molecule has 0 spiro atoms. The molecule has 0 aliphatic rings. The van der Waals surface area contributed by atoms with Gasteiger partial charge in [-0.1, -0.05) is 48.5 Å². The number of carbonyl (C=O) groups excluding carboxylic acids is 2. The quantitative estimate of drug-likeness (QED) is 0.622. The van der Waals surface area contributed by atoms with Gasteiger partial charge in [0.1, 0.15) is 12.1 Å². The zero-order valence-corrected chi connectivity index (χ0v) is 14.9. The minimum atomic E-state index is -1.17. The normalized spacial score (nSPS) is 12.6. The summed E-state index contributed by atoms with van der Waals surface area (Å²) in [5.74, 6) is -2.23. The second kappa shape index (κ2) is 10.1. The third-order valence-electron chi connectivity index (χ3n) is 3.78. The fourth-order valence-electron chi connectivity index (χ4n) is 2.26. The van der Waals surface area contributed by atoms with Crippen LogP contribution in [0.5, 0.6) is 0 Å². The Labute approximate surface area is 157 Å². The molecule has 2 rings (SSSR count). The van der Waals surface area contributed by atoms with E-state index in [4.69, 9.17) is 9.84 Å². The van der Waals surface area contributed by atoms with Crippen molar-refractivity contribution >= 4 is 17.8 Å². The molecule has 142 valence electrons. The van der Waals surface area contributed by atoms with Gasteiger partial charge < -0.3 is 20.5 Å². The summed E-state index contributed by atoms with van der Waals surface area (Å²) in [5.41, 5.74) is 1.31. The van der Waals surface area contributed by atoms with Gasteiger partial charge in [-0.15, -0.1) is 0 Å². The van der Waals surface area contributed by atoms with E-state index in [1.54, 1.807) is 30.3 Å². The van der Waals surface area contributed by atoms with Crippen molar-refractivity contribution in [3.8, 4) is 0 Å². The Morgan fingerprint density at radius 2 is 1.56 bits per heavy atom. The molecule has 2 amide bonds. The molecule has 0 aliphatic heterocycles. The van der Waals surface area contributed by atoms with Gasteiger partial charge in [-0.3, -0.25) is 14.4 Å². The van der Waals surface area contributed by atoms with Gasteiger partial charge >= 0.3 is 5.97 Å². The summed E-state index contributed by atoms with van der Waals surface area (Å²) in [4.78, 5) is 35.7.